The van der Waals surface area contributed by atoms with Crippen LogP contribution in [-0.2, 0) is 4.79 Å². The van der Waals surface area contributed by atoms with Crippen LogP contribution in [0, 0.1) is 0 Å². The summed E-state index contributed by atoms with van der Waals surface area (Å²) in [4.78, 5) is 11.9. The number of amides is 1. The third-order valence-corrected chi connectivity index (χ3v) is 3.48. The SMILES string of the molecule is CCCCCNC(=O)[C@@H](C)Oc1ccc2ccccc2c1. The molecule has 0 aliphatic rings. The minimum Gasteiger partial charge on any atom is -0.481 e. The van der Waals surface area contributed by atoms with Gasteiger partial charge in [-0.05, 0) is 36.2 Å². The fraction of sp³-hybridized carbons (Fsp3) is 0.389. The molecule has 0 aliphatic carbocycles. The highest BCUT2D eigenvalue weighted by Gasteiger charge is 2.13. The molecule has 3 nitrogen and oxygen atoms in total. The van der Waals surface area contributed by atoms with E-state index < -0.39 is 6.10 Å². The summed E-state index contributed by atoms with van der Waals surface area (Å²) in [7, 11) is 0. The van der Waals surface area contributed by atoms with E-state index in [-0.39, 0.29) is 5.91 Å². The lowest BCUT2D eigenvalue weighted by atomic mass is 10.1. The number of benzene rings is 2. The quantitative estimate of drug-likeness (QED) is 0.783. The van der Waals surface area contributed by atoms with E-state index in [2.05, 4.69) is 18.3 Å². The number of hydrogen-bond donors (Lipinski definition) is 1. The predicted octanol–water partition coefficient (Wildman–Crippen LogP) is 3.91. The van der Waals surface area contributed by atoms with Crippen LogP contribution >= 0.6 is 0 Å². The first-order chi connectivity index (χ1) is 10.2. The molecule has 2 aromatic rings. The summed E-state index contributed by atoms with van der Waals surface area (Å²) in [6.45, 7) is 4.65. The molecular formula is C18H23NO2. The monoisotopic (exact) mass is 285 g/mol. The molecule has 0 bridgehead atoms. The van der Waals surface area contributed by atoms with Gasteiger partial charge in [0.05, 0.1) is 0 Å². The highest BCUT2D eigenvalue weighted by molar-refractivity contribution is 5.84. The molecule has 0 heterocycles. The first-order valence-corrected chi connectivity index (χ1v) is 7.64. The van der Waals surface area contributed by atoms with E-state index in [0.717, 1.165) is 36.9 Å². The normalized spacial score (nSPS) is 12.1. The van der Waals surface area contributed by atoms with Crippen molar-refractivity contribution in [2.45, 2.75) is 39.2 Å². The summed E-state index contributed by atoms with van der Waals surface area (Å²) >= 11 is 0. The van der Waals surface area contributed by atoms with Crippen LogP contribution in [0.4, 0.5) is 0 Å². The molecule has 0 aliphatic heterocycles. The minimum atomic E-state index is -0.479. The van der Waals surface area contributed by atoms with E-state index in [1.807, 2.05) is 36.4 Å². The van der Waals surface area contributed by atoms with E-state index in [4.69, 9.17) is 4.74 Å². The predicted molar refractivity (Wildman–Crippen MR) is 86.6 cm³/mol. The average molecular weight is 285 g/mol. The van der Waals surface area contributed by atoms with Gasteiger partial charge in [0.1, 0.15) is 5.75 Å². The van der Waals surface area contributed by atoms with Crippen LogP contribution < -0.4 is 10.1 Å². The van der Waals surface area contributed by atoms with Crippen molar-refractivity contribution in [3.63, 3.8) is 0 Å². The van der Waals surface area contributed by atoms with Gasteiger partial charge in [0.15, 0.2) is 6.10 Å². The Morgan fingerprint density at radius 2 is 1.90 bits per heavy atom. The van der Waals surface area contributed by atoms with Gasteiger partial charge in [-0.3, -0.25) is 4.79 Å². The molecule has 2 rings (SSSR count). The highest BCUT2D eigenvalue weighted by Crippen LogP contribution is 2.21. The Morgan fingerprint density at radius 1 is 1.14 bits per heavy atom. The van der Waals surface area contributed by atoms with Crippen LogP contribution in [0.2, 0.25) is 0 Å². The molecule has 1 atom stereocenters. The van der Waals surface area contributed by atoms with E-state index in [1.165, 1.54) is 5.39 Å². The van der Waals surface area contributed by atoms with Crippen molar-refractivity contribution in [1.29, 1.82) is 0 Å². The first-order valence-electron chi connectivity index (χ1n) is 7.64. The van der Waals surface area contributed by atoms with Crippen molar-refractivity contribution in [3.05, 3.63) is 42.5 Å². The largest absolute Gasteiger partial charge is 0.481 e. The van der Waals surface area contributed by atoms with E-state index in [1.54, 1.807) is 6.92 Å². The summed E-state index contributed by atoms with van der Waals surface area (Å²) in [5, 5.41) is 5.20. The van der Waals surface area contributed by atoms with Gasteiger partial charge in [-0.2, -0.15) is 0 Å². The summed E-state index contributed by atoms with van der Waals surface area (Å²) in [6, 6.07) is 14.0. The standard InChI is InChI=1S/C18H23NO2/c1-3-4-7-12-19-18(20)14(2)21-17-11-10-15-8-5-6-9-16(15)13-17/h5-6,8-11,13-14H,3-4,7,12H2,1-2H3,(H,19,20)/t14-/m1/s1. The Labute approximate surface area is 126 Å². The fourth-order valence-electron chi connectivity index (χ4n) is 2.23. The molecule has 0 radical (unpaired) electrons. The van der Waals surface area contributed by atoms with Gasteiger partial charge in [0, 0.05) is 6.54 Å². The van der Waals surface area contributed by atoms with Gasteiger partial charge in [-0.15, -0.1) is 0 Å². The van der Waals surface area contributed by atoms with Crippen LogP contribution in [0.1, 0.15) is 33.1 Å². The zero-order chi connectivity index (χ0) is 15.1. The first kappa shape index (κ1) is 15.4. The van der Waals surface area contributed by atoms with Crippen molar-refractivity contribution in [1.82, 2.24) is 5.32 Å². The van der Waals surface area contributed by atoms with Crippen molar-refractivity contribution >= 4 is 16.7 Å². The van der Waals surface area contributed by atoms with Crippen molar-refractivity contribution in [2.24, 2.45) is 0 Å². The molecule has 21 heavy (non-hydrogen) atoms. The van der Waals surface area contributed by atoms with Crippen molar-refractivity contribution in [3.8, 4) is 5.75 Å². The van der Waals surface area contributed by atoms with Crippen molar-refractivity contribution < 1.29 is 9.53 Å². The highest BCUT2D eigenvalue weighted by atomic mass is 16.5. The molecular weight excluding hydrogens is 262 g/mol. The van der Waals surface area contributed by atoms with Crippen LogP contribution in [0.25, 0.3) is 10.8 Å². The topological polar surface area (TPSA) is 38.3 Å². The molecule has 0 aromatic heterocycles. The third-order valence-electron chi connectivity index (χ3n) is 3.48. The number of carbonyl (C=O) groups is 1. The number of unbranched alkanes of at least 4 members (excludes halogenated alkanes) is 2. The molecule has 1 N–H and O–H groups in total. The molecule has 0 unspecified atom stereocenters. The molecule has 112 valence electrons. The van der Waals surface area contributed by atoms with Gasteiger partial charge < -0.3 is 10.1 Å². The Bertz CT molecular complexity index is 595. The summed E-state index contributed by atoms with van der Waals surface area (Å²) in [5.74, 6) is 0.671. The van der Waals surface area contributed by atoms with Crippen LogP contribution in [-0.4, -0.2) is 18.6 Å². The molecule has 0 saturated carbocycles. The maximum atomic E-state index is 11.9. The average Bonchev–Trinajstić information content (AvgIpc) is 2.51. The molecule has 3 heteroatoms. The zero-order valence-electron chi connectivity index (χ0n) is 12.8. The number of ether oxygens (including phenoxy) is 1. The van der Waals surface area contributed by atoms with Gasteiger partial charge in [0.2, 0.25) is 0 Å². The summed E-state index contributed by atoms with van der Waals surface area (Å²) < 4.78 is 5.73. The Balaban J connectivity index is 1.91. The molecule has 0 spiro atoms. The summed E-state index contributed by atoms with van der Waals surface area (Å²) in [6.07, 6.45) is 2.83. The lowest BCUT2D eigenvalue weighted by Gasteiger charge is -2.15. The van der Waals surface area contributed by atoms with Crippen LogP contribution in [0.5, 0.6) is 5.75 Å². The molecule has 1 amide bonds. The van der Waals surface area contributed by atoms with Crippen LogP contribution in [0.15, 0.2) is 42.5 Å². The third kappa shape index (κ3) is 4.48. The number of hydrogen-bond acceptors (Lipinski definition) is 2. The van der Waals surface area contributed by atoms with Crippen LogP contribution in [0.3, 0.4) is 0 Å². The molecule has 0 saturated heterocycles. The Kier molecular flexibility index (Phi) is 5.61. The fourth-order valence-corrected chi connectivity index (χ4v) is 2.23. The van der Waals surface area contributed by atoms with Crippen molar-refractivity contribution in [2.75, 3.05) is 6.54 Å². The molecule has 2 aromatic carbocycles. The second kappa shape index (κ2) is 7.67. The van der Waals surface area contributed by atoms with E-state index in [0.29, 0.717) is 0 Å². The lowest BCUT2D eigenvalue weighted by molar-refractivity contribution is -0.127. The summed E-state index contributed by atoms with van der Waals surface area (Å²) in [5.41, 5.74) is 0. The van der Waals surface area contributed by atoms with Gasteiger partial charge in [-0.25, -0.2) is 0 Å². The number of fused-ring (bicyclic) bond motifs is 1. The van der Waals surface area contributed by atoms with E-state index >= 15 is 0 Å². The Morgan fingerprint density at radius 3 is 2.67 bits per heavy atom. The van der Waals surface area contributed by atoms with E-state index in [9.17, 15) is 4.79 Å². The Hall–Kier alpha value is -2.03. The second-order valence-electron chi connectivity index (χ2n) is 5.27. The van der Waals surface area contributed by atoms with Gasteiger partial charge in [-0.1, -0.05) is 50.1 Å². The maximum absolute atomic E-state index is 11.9. The number of nitrogens with one attached hydrogen (secondary N) is 1. The number of carbonyl (C=O) groups excluding carboxylic acids is 1. The van der Waals surface area contributed by atoms with Gasteiger partial charge >= 0.3 is 0 Å². The lowest BCUT2D eigenvalue weighted by Crippen LogP contribution is -2.36. The van der Waals surface area contributed by atoms with Gasteiger partial charge in [0.25, 0.3) is 5.91 Å². The smallest absolute Gasteiger partial charge is 0.260 e. The number of rotatable bonds is 7. The maximum Gasteiger partial charge on any atom is 0.260 e. The second-order valence-corrected chi connectivity index (χ2v) is 5.27. The zero-order valence-corrected chi connectivity index (χ0v) is 12.8. The minimum absolute atomic E-state index is 0.0562. The molecule has 0 fully saturated rings.